The molecule has 0 fully saturated rings. The van der Waals surface area contributed by atoms with E-state index in [0.717, 1.165) is 17.0 Å². The van der Waals surface area contributed by atoms with Crippen molar-refractivity contribution in [1.82, 2.24) is 19.5 Å². The first kappa shape index (κ1) is 9.77. The summed E-state index contributed by atoms with van der Waals surface area (Å²) in [7, 11) is 1.96. The number of rotatable bonds is 2. The summed E-state index contributed by atoms with van der Waals surface area (Å²) in [5.74, 6) is 1.28. The van der Waals surface area contributed by atoms with E-state index in [2.05, 4.69) is 20.3 Å². The van der Waals surface area contributed by atoms with E-state index in [-0.39, 0.29) is 0 Å². The molecule has 0 aliphatic carbocycles. The Labute approximate surface area is 98.2 Å². The van der Waals surface area contributed by atoms with Gasteiger partial charge in [-0.3, -0.25) is 5.32 Å². The van der Waals surface area contributed by atoms with Crippen LogP contribution in [0.15, 0.2) is 42.7 Å². The second-order valence-corrected chi connectivity index (χ2v) is 3.68. The maximum atomic E-state index is 4.48. The summed E-state index contributed by atoms with van der Waals surface area (Å²) in [5, 5.41) is 3.09. The van der Waals surface area contributed by atoms with Crippen LogP contribution in [0.3, 0.4) is 0 Å². The molecule has 84 valence electrons. The average molecular weight is 225 g/mol. The van der Waals surface area contributed by atoms with Gasteiger partial charge >= 0.3 is 0 Å². The molecule has 5 nitrogen and oxygen atoms in total. The number of aryl methyl sites for hydroxylation is 1. The molecule has 3 aromatic rings. The minimum atomic E-state index is 0.547. The first-order valence-electron chi connectivity index (χ1n) is 5.30. The molecule has 0 atom stereocenters. The van der Waals surface area contributed by atoms with E-state index in [1.807, 2.05) is 35.9 Å². The lowest BCUT2D eigenvalue weighted by Gasteiger charge is -2.03. The van der Waals surface area contributed by atoms with E-state index in [0.29, 0.717) is 5.95 Å². The molecule has 0 spiro atoms. The Bertz CT molecular complexity index is 644. The molecule has 0 radical (unpaired) electrons. The van der Waals surface area contributed by atoms with Gasteiger partial charge in [-0.25, -0.2) is 15.0 Å². The van der Waals surface area contributed by atoms with Gasteiger partial charge in [0.15, 0.2) is 0 Å². The number of nitrogens with zero attached hydrogens (tertiary/aromatic N) is 4. The van der Waals surface area contributed by atoms with Crippen molar-refractivity contribution in [3.05, 3.63) is 42.7 Å². The molecule has 0 amide bonds. The van der Waals surface area contributed by atoms with Gasteiger partial charge in [-0.2, -0.15) is 0 Å². The van der Waals surface area contributed by atoms with E-state index in [1.165, 1.54) is 0 Å². The van der Waals surface area contributed by atoms with Crippen molar-refractivity contribution in [1.29, 1.82) is 0 Å². The average Bonchev–Trinajstić information content (AvgIpc) is 2.68. The molecule has 0 bridgehead atoms. The largest absolute Gasteiger partial charge is 0.313 e. The molecule has 5 heteroatoms. The Morgan fingerprint density at radius 2 is 1.82 bits per heavy atom. The fraction of sp³-hybridized carbons (Fsp3) is 0.0833. The highest BCUT2D eigenvalue weighted by Crippen LogP contribution is 2.19. The summed E-state index contributed by atoms with van der Waals surface area (Å²) in [6, 6.07) is 9.75. The second-order valence-electron chi connectivity index (χ2n) is 3.68. The molecule has 1 aromatic carbocycles. The van der Waals surface area contributed by atoms with E-state index in [4.69, 9.17) is 0 Å². The van der Waals surface area contributed by atoms with Gasteiger partial charge in [-0.05, 0) is 18.2 Å². The lowest BCUT2D eigenvalue weighted by Crippen LogP contribution is -2.01. The molecule has 0 aliphatic rings. The zero-order chi connectivity index (χ0) is 11.7. The molecule has 2 heterocycles. The van der Waals surface area contributed by atoms with Crippen molar-refractivity contribution in [2.45, 2.75) is 0 Å². The zero-order valence-electron chi connectivity index (χ0n) is 9.33. The highest BCUT2D eigenvalue weighted by molar-refractivity contribution is 5.79. The lowest BCUT2D eigenvalue weighted by atomic mass is 10.3. The molecular formula is C12H11N5. The smallest absolute Gasteiger partial charge is 0.229 e. The molecule has 2 aromatic heterocycles. The number of anilines is 2. The number of hydrogen-bond acceptors (Lipinski definition) is 4. The number of fused-ring (bicyclic) bond motifs is 1. The predicted octanol–water partition coefficient (Wildman–Crippen LogP) is 2.11. The van der Waals surface area contributed by atoms with Crippen LogP contribution in [-0.4, -0.2) is 19.5 Å². The molecule has 3 rings (SSSR count). The van der Waals surface area contributed by atoms with Gasteiger partial charge in [-0.1, -0.05) is 12.1 Å². The Hall–Kier alpha value is -2.43. The van der Waals surface area contributed by atoms with Crippen LogP contribution in [0.4, 0.5) is 11.9 Å². The van der Waals surface area contributed by atoms with Crippen molar-refractivity contribution in [2.75, 3.05) is 5.32 Å². The summed E-state index contributed by atoms with van der Waals surface area (Å²) in [6.07, 6.45) is 3.38. The highest BCUT2D eigenvalue weighted by atomic mass is 15.2. The van der Waals surface area contributed by atoms with Crippen molar-refractivity contribution in [3.8, 4) is 0 Å². The van der Waals surface area contributed by atoms with Gasteiger partial charge < -0.3 is 4.57 Å². The third-order valence-corrected chi connectivity index (χ3v) is 2.58. The summed E-state index contributed by atoms with van der Waals surface area (Å²) in [6.45, 7) is 0. The van der Waals surface area contributed by atoms with Gasteiger partial charge in [0.25, 0.3) is 0 Å². The molecule has 0 unspecified atom stereocenters. The summed E-state index contributed by atoms with van der Waals surface area (Å²) in [4.78, 5) is 12.7. The standard InChI is InChI=1S/C12H11N5/c1-17-10-6-3-2-5-9(10)15-12(17)16-11-13-7-4-8-14-11/h2-8H,1H3,(H,13,14,15,16). The fourth-order valence-electron chi connectivity index (χ4n) is 1.72. The van der Waals surface area contributed by atoms with E-state index in [1.54, 1.807) is 18.5 Å². The van der Waals surface area contributed by atoms with E-state index >= 15 is 0 Å². The third-order valence-electron chi connectivity index (χ3n) is 2.58. The minimum absolute atomic E-state index is 0.547. The van der Waals surface area contributed by atoms with Crippen LogP contribution in [0.2, 0.25) is 0 Å². The van der Waals surface area contributed by atoms with Gasteiger partial charge in [0.2, 0.25) is 11.9 Å². The maximum absolute atomic E-state index is 4.48. The number of aromatic nitrogens is 4. The number of hydrogen-bond donors (Lipinski definition) is 1. The molecule has 1 N–H and O–H groups in total. The monoisotopic (exact) mass is 225 g/mol. The summed E-state index contributed by atoms with van der Waals surface area (Å²) >= 11 is 0. The molecule has 0 aliphatic heterocycles. The van der Waals surface area contributed by atoms with Crippen LogP contribution in [0.1, 0.15) is 0 Å². The van der Waals surface area contributed by atoms with Crippen molar-refractivity contribution < 1.29 is 0 Å². The number of para-hydroxylation sites is 2. The Morgan fingerprint density at radius 3 is 2.59 bits per heavy atom. The van der Waals surface area contributed by atoms with Crippen LogP contribution < -0.4 is 5.32 Å². The molecule has 0 saturated heterocycles. The predicted molar refractivity (Wildman–Crippen MR) is 66.0 cm³/mol. The first-order chi connectivity index (χ1) is 8.34. The first-order valence-corrected chi connectivity index (χ1v) is 5.30. The second kappa shape index (κ2) is 3.86. The zero-order valence-corrected chi connectivity index (χ0v) is 9.33. The molecule has 0 saturated carbocycles. The van der Waals surface area contributed by atoms with Gasteiger partial charge in [-0.15, -0.1) is 0 Å². The van der Waals surface area contributed by atoms with Gasteiger partial charge in [0, 0.05) is 19.4 Å². The SMILES string of the molecule is Cn1c(Nc2ncccn2)nc2ccccc21. The summed E-state index contributed by atoms with van der Waals surface area (Å²) in [5.41, 5.74) is 2.03. The van der Waals surface area contributed by atoms with Crippen LogP contribution in [0, 0.1) is 0 Å². The van der Waals surface area contributed by atoms with Crippen LogP contribution >= 0.6 is 0 Å². The van der Waals surface area contributed by atoms with E-state index < -0.39 is 0 Å². The molecule has 17 heavy (non-hydrogen) atoms. The van der Waals surface area contributed by atoms with Gasteiger partial charge in [0.1, 0.15) is 0 Å². The third kappa shape index (κ3) is 1.71. The van der Waals surface area contributed by atoms with E-state index in [9.17, 15) is 0 Å². The van der Waals surface area contributed by atoms with Crippen molar-refractivity contribution in [3.63, 3.8) is 0 Å². The quantitative estimate of drug-likeness (QED) is 0.725. The minimum Gasteiger partial charge on any atom is -0.313 e. The van der Waals surface area contributed by atoms with Crippen LogP contribution in [-0.2, 0) is 7.05 Å². The number of nitrogens with one attached hydrogen (secondary N) is 1. The van der Waals surface area contributed by atoms with Crippen molar-refractivity contribution >= 4 is 22.9 Å². The highest BCUT2D eigenvalue weighted by Gasteiger charge is 2.07. The normalized spacial score (nSPS) is 10.6. The summed E-state index contributed by atoms with van der Waals surface area (Å²) < 4.78 is 1.98. The lowest BCUT2D eigenvalue weighted by molar-refractivity contribution is 0.950. The Balaban J connectivity index is 2.04. The number of imidazole rings is 1. The van der Waals surface area contributed by atoms with Crippen molar-refractivity contribution in [2.24, 2.45) is 7.05 Å². The van der Waals surface area contributed by atoms with Crippen LogP contribution in [0.25, 0.3) is 11.0 Å². The molecular weight excluding hydrogens is 214 g/mol. The fourth-order valence-corrected chi connectivity index (χ4v) is 1.72. The van der Waals surface area contributed by atoms with Gasteiger partial charge in [0.05, 0.1) is 11.0 Å². The number of benzene rings is 1. The van der Waals surface area contributed by atoms with Crippen LogP contribution in [0.5, 0.6) is 0 Å². The Morgan fingerprint density at radius 1 is 1.06 bits per heavy atom. The maximum Gasteiger partial charge on any atom is 0.229 e. The Kier molecular flexibility index (Phi) is 2.22. The topological polar surface area (TPSA) is 55.6 Å².